The molecular formula is C6H5NO2S. The van der Waals surface area contributed by atoms with E-state index in [1.54, 1.807) is 12.1 Å². The van der Waals surface area contributed by atoms with Crippen LogP contribution in [0.25, 0.3) is 0 Å². The Kier molecular flexibility index (Phi) is 2.17. The van der Waals surface area contributed by atoms with Crippen LogP contribution in [0.3, 0.4) is 0 Å². The maximum absolute atomic E-state index is 9.80. The minimum atomic E-state index is 0.367. The number of aromatic nitrogens is 1. The smallest absolute Gasteiger partial charge is 0.298 e. The maximum atomic E-state index is 9.80. The first kappa shape index (κ1) is 6.95. The number of carbonyl (C=O) groups excluding carboxylic acids is 1. The van der Waals surface area contributed by atoms with Gasteiger partial charge in [0.05, 0.1) is 0 Å². The Hall–Kier alpha value is -1.16. The highest BCUT2D eigenvalue weighted by Gasteiger charge is 1.86. The van der Waals surface area contributed by atoms with Gasteiger partial charge in [-0.1, -0.05) is 12.2 Å². The van der Waals surface area contributed by atoms with E-state index in [0.717, 1.165) is 0 Å². The molecular weight excluding hydrogens is 150 g/mol. The molecule has 0 bridgehead atoms. The van der Waals surface area contributed by atoms with Crippen LogP contribution in [-0.2, 0) is 4.79 Å². The average molecular weight is 155 g/mol. The lowest BCUT2D eigenvalue weighted by Gasteiger charge is -1.93. The molecule has 0 saturated carbocycles. The standard InChI is InChI=1S/C6H5NO2S/c8-4-9-5-1-2-6(10)7-3-5/h1-4H,(H,7,10). The quantitative estimate of drug-likeness (QED) is 0.516. The fourth-order valence-corrected chi connectivity index (χ4v) is 0.652. The van der Waals surface area contributed by atoms with Gasteiger partial charge in [0.15, 0.2) is 0 Å². The monoisotopic (exact) mass is 155 g/mol. The van der Waals surface area contributed by atoms with Gasteiger partial charge in [-0.25, -0.2) is 0 Å². The van der Waals surface area contributed by atoms with Gasteiger partial charge >= 0.3 is 0 Å². The fraction of sp³-hybridized carbons (Fsp3) is 0. The van der Waals surface area contributed by atoms with Crippen molar-refractivity contribution in [3.63, 3.8) is 0 Å². The zero-order valence-corrected chi connectivity index (χ0v) is 5.85. The van der Waals surface area contributed by atoms with Gasteiger partial charge in [-0.05, 0) is 12.1 Å². The molecule has 0 amide bonds. The molecule has 10 heavy (non-hydrogen) atoms. The van der Waals surface area contributed by atoms with Crippen LogP contribution in [0.5, 0.6) is 5.75 Å². The molecule has 0 aliphatic rings. The van der Waals surface area contributed by atoms with E-state index in [1.165, 1.54) is 6.20 Å². The number of pyridine rings is 1. The molecule has 0 atom stereocenters. The predicted octanol–water partition coefficient (Wildman–Crippen LogP) is 1.28. The minimum Gasteiger partial charge on any atom is -0.427 e. The Morgan fingerprint density at radius 1 is 1.60 bits per heavy atom. The number of H-pyrrole nitrogens is 1. The highest BCUT2D eigenvalue weighted by Crippen LogP contribution is 2.04. The molecule has 0 radical (unpaired) electrons. The Morgan fingerprint density at radius 3 is 2.90 bits per heavy atom. The van der Waals surface area contributed by atoms with E-state index in [1.807, 2.05) is 0 Å². The fourth-order valence-electron chi connectivity index (χ4n) is 0.525. The average Bonchev–Trinajstić information content (AvgIpc) is 1.95. The van der Waals surface area contributed by atoms with Gasteiger partial charge < -0.3 is 9.72 Å². The third-order valence-electron chi connectivity index (χ3n) is 0.940. The van der Waals surface area contributed by atoms with Crippen molar-refractivity contribution in [2.24, 2.45) is 0 Å². The molecule has 4 heteroatoms. The summed E-state index contributed by atoms with van der Waals surface area (Å²) in [5.74, 6) is 0.462. The number of nitrogens with one attached hydrogen (secondary N) is 1. The van der Waals surface area contributed by atoms with Crippen molar-refractivity contribution < 1.29 is 9.53 Å². The van der Waals surface area contributed by atoms with Crippen molar-refractivity contribution in [2.75, 3.05) is 0 Å². The van der Waals surface area contributed by atoms with Gasteiger partial charge in [-0.2, -0.15) is 0 Å². The van der Waals surface area contributed by atoms with Crippen molar-refractivity contribution in [3.05, 3.63) is 23.0 Å². The van der Waals surface area contributed by atoms with Crippen LogP contribution in [0.1, 0.15) is 0 Å². The molecule has 3 nitrogen and oxygen atoms in total. The summed E-state index contributed by atoms with van der Waals surface area (Å²) in [6.45, 7) is 0.367. The first-order valence-corrected chi connectivity index (χ1v) is 3.03. The van der Waals surface area contributed by atoms with Gasteiger partial charge in [0.2, 0.25) is 0 Å². The lowest BCUT2D eigenvalue weighted by molar-refractivity contribution is -0.120. The van der Waals surface area contributed by atoms with Gasteiger partial charge in [0.1, 0.15) is 10.4 Å². The van der Waals surface area contributed by atoms with Crippen LogP contribution in [0.2, 0.25) is 0 Å². The van der Waals surface area contributed by atoms with Gasteiger partial charge in [0, 0.05) is 6.20 Å². The first-order valence-electron chi connectivity index (χ1n) is 2.62. The number of hydrogen-bond acceptors (Lipinski definition) is 3. The highest BCUT2D eigenvalue weighted by molar-refractivity contribution is 7.71. The Labute approximate surface area is 62.6 Å². The lowest BCUT2D eigenvalue weighted by Crippen LogP contribution is -1.88. The largest absolute Gasteiger partial charge is 0.427 e. The predicted molar refractivity (Wildman–Crippen MR) is 38.3 cm³/mol. The van der Waals surface area contributed by atoms with Crippen LogP contribution >= 0.6 is 12.2 Å². The minimum absolute atomic E-state index is 0.367. The molecule has 1 aromatic heterocycles. The van der Waals surface area contributed by atoms with Crippen LogP contribution < -0.4 is 4.74 Å². The Balaban J connectivity index is 2.89. The molecule has 0 unspecified atom stereocenters. The van der Waals surface area contributed by atoms with E-state index in [2.05, 4.69) is 9.72 Å². The summed E-state index contributed by atoms with van der Waals surface area (Å²) in [7, 11) is 0. The number of carbonyl (C=O) groups is 1. The van der Waals surface area contributed by atoms with Crippen LogP contribution in [0.15, 0.2) is 18.3 Å². The molecule has 0 saturated heterocycles. The number of hydrogen-bond donors (Lipinski definition) is 1. The summed E-state index contributed by atoms with van der Waals surface area (Å²) in [6.07, 6.45) is 1.52. The van der Waals surface area contributed by atoms with Crippen LogP contribution in [0.4, 0.5) is 0 Å². The summed E-state index contributed by atoms with van der Waals surface area (Å²) in [4.78, 5) is 12.5. The van der Waals surface area contributed by atoms with Crippen LogP contribution in [0, 0.1) is 4.64 Å². The van der Waals surface area contributed by atoms with E-state index >= 15 is 0 Å². The second kappa shape index (κ2) is 3.12. The molecule has 0 spiro atoms. The van der Waals surface area contributed by atoms with Crippen molar-refractivity contribution in [3.8, 4) is 5.75 Å². The van der Waals surface area contributed by atoms with E-state index < -0.39 is 0 Å². The Bertz CT molecular complexity index is 261. The summed E-state index contributed by atoms with van der Waals surface area (Å²) in [5.41, 5.74) is 0. The number of ether oxygens (including phenoxy) is 1. The number of aromatic amines is 1. The summed E-state index contributed by atoms with van der Waals surface area (Å²) in [5, 5.41) is 0. The van der Waals surface area contributed by atoms with Crippen molar-refractivity contribution in [1.82, 2.24) is 4.98 Å². The summed E-state index contributed by atoms with van der Waals surface area (Å²) >= 11 is 4.76. The molecule has 0 fully saturated rings. The normalized spacial score (nSPS) is 8.80. The van der Waals surface area contributed by atoms with Gasteiger partial charge in [0.25, 0.3) is 6.47 Å². The molecule has 1 aromatic rings. The summed E-state index contributed by atoms with van der Waals surface area (Å²) in [6, 6.07) is 3.27. The lowest BCUT2D eigenvalue weighted by atomic mass is 10.5. The zero-order chi connectivity index (χ0) is 7.40. The third kappa shape index (κ3) is 1.66. The van der Waals surface area contributed by atoms with E-state index in [-0.39, 0.29) is 0 Å². The van der Waals surface area contributed by atoms with E-state index in [9.17, 15) is 4.79 Å². The second-order valence-corrected chi connectivity index (χ2v) is 2.04. The number of rotatable bonds is 2. The van der Waals surface area contributed by atoms with Crippen molar-refractivity contribution in [1.29, 1.82) is 0 Å². The molecule has 1 N–H and O–H groups in total. The third-order valence-corrected chi connectivity index (χ3v) is 1.19. The molecule has 1 rings (SSSR count). The maximum Gasteiger partial charge on any atom is 0.298 e. The first-order chi connectivity index (χ1) is 4.83. The van der Waals surface area contributed by atoms with Crippen molar-refractivity contribution >= 4 is 18.7 Å². The van der Waals surface area contributed by atoms with E-state index in [0.29, 0.717) is 16.9 Å². The topological polar surface area (TPSA) is 42.1 Å². The van der Waals surface area contributed by atoms with Crippen molar-refractivity contribution in [2.45, 2.75) is 0 Å². The second-order valence-electron chi connectivity index (χ2n) is 1.60. The van der Waals surface area contributed by atoms with Crippen LogP contribution in [-0.4, -0.2) is 11.5 Å². The SMILES string of the molecule is O=COc1ccc(=S)[nH]c1. The molecule has 0 aliphatic carbocycles. The van der Waals surface area contributed by atoms with Gasteiger partial charge in [-0.3, -0.25) is 4.79 Å². The Morgan fingerprint density at radius 2 is 2.40 bits per heavy atom. The molecule has 0 aromatic carbocycles. The van der Waals surface area contributed by atoms with Gasteiger partial charge in [-0.15, -0.1) is 0 Å². The highest BCUT2D eigenvalue weighted by atomic mass is 32.1. The molecule has 0 aliphatic heterocycles. The molecule has 52 valence electrons. The molecule has 1 heterocycles. The summed E-state index contributed by atoms with van der Waals surface area (Å²) < 4.78 is 5.11. The zero-order valence-electron chi connectivity index (χ0n) is 5.03. The van der Waals surface area contributed by atoms with E-state index in [4.69, 9.17) is 12.2 Å².